The Morgan fingerprint density at radius 1 is 1.14 bits per heavy atom. The van der Waals surface area contributed by atoms with Crippen LogP contribution in [0.1, 0.15) is 44.6 Å². The highest BCUT2D eigenvalue weighted by Gasteiger charge is 2.24. The smallest absolute Gasteiger partial charge is 0.0234 e. The summed E-state index contributed by atoms with van der Waals surface area (Å²) < 4.78 is 0. The van der Waals surface area contributed by atoms with Crippen molar-refractivity contribution < 1.29 is 0 Å². The van der Waals surface area contributed by atoms with E-state index in [1.165, 1.54) is 57.3 Å². The summed E-state index contributed by atoms with van der Waals surface area (Å²) in [6.45, 7) is 7.24. The first-order valence-electron chi connectivity index (χ1n) is 8.79. The van der Waals surface area contributed by atoms with Gasteiger partial charge in [-0.2, -0.15) is 0 Å². The van der Waals surface area contributed by atoms with Crippen LogP contribution in [0.25, 0.3) is 0 Å². The molecular formula is C19H30N2. The van der Waals surface area contributed by atoms with E-state index in [9.17, 15) is 0 Å². The Labute approximate surface area is 129 Å². The van der Waals surface area contributed by atoms with E-state index in [1.54, 1.807) is 0 Å². The quantitative estimate of drug-likeness (QED) is 0.888. The summed E-state index contributed by atoms with van der Waals surface area (Å²) in [5.74, 6) is 1.88. The van der Waals surface area contributed by atoms with Gasteiger partial charge in [0.1, 0.15) is 0 Å². The summed E-state index contributed by atoms with van der Waals surface area (Å²) in [6, 6.07) is 11.6. The van der Waals surface area contributed by atoms with Gasteiger partial charge in [-0.05, 0) is 43.2 Å². The molecule has 1 saturated heterocycles. The first-order chi connectivity index (χ1) is 10.3. The summed E-state index contributed by atoms with van der Waals surface area (Å²) in [5, 5.41) is 3.85. The highest BCUT2D eigenvalue weighted by atomic mass is 15.2. The van der Waals surface area contributed by atoms with Crippen molar-refractivity contribution in [3.8, 4) is 0 Å². The monoisotopic (exact) mass is 286 g/mol. The molecule has 3 rings (SSSR count). The molecular weight excluding hydrogens is 256 g/mol. The number of benzene rings is 1. The van der Waals surface area contributed by atoms with Crippen LogP contribution in [0, 0.1) is 11.8 Å². The van der Waals surface area contributed by atoms with Crippen LogP contribution in [0.2, 0.25) is 0 Å². The summed E-state index contributed by atoms with van der Waals surface area (Å²) in [7, 11) is 0. The Balaban J connectivity index is 1.38. The largest absolute Gasteiger partial charge is 0.312 e. The first-order valence-corrected chi connectivity index (χ1v) is 8.79. The lowest BCUT2D eigenvalue weighted by atomic mass is 9.82. The molecule has 2 fully saturated rings. The fourth-order valence-electron chi connectivity index (χ4n) is 4.06. The van der Waals surface area contributed by atoms with E-state index in [0.29, 0.717) is 6.04 Å². The average molecular weight is 286 g/mol. The molecule has 2 nitrogen and oxygen atoms in total. The van der Waals surface area contributed by atoms with Crippen LogP contribution < -0.4 is 5.32 Å². The van der Waals surface area contributed by atoms with Crippen LogP contribution in [0.4, 0.5) is 0 Å². The molecule has 1 heterocycles. The fraction of sp³-hybridized carbons (Fsp3) is 0.684. The van der Waals surface area contributed by atoms with Gasteiger partial charge in [-0.15, -0.1) is 0 Å². The lowest BCUT2D eigenvalue weighted by Crippen LogP contribution is -2.36. The zero-order valence-corrected chi connectivity index (χ0v) is 13.4. The fourth-order valence-corrected chi connectivity index (χ4v) is 4.06. The summed E-state index contributed by atoms with van der Waals surface area (Å²) >= 11 is 0. The molecule has 21 heavy (non-hydrogen) atoms. The molecule has 2 aliphatic rings. The van der Waals surface area contributed by atoms with Crippen molar-refractivity contribution >= 4 is 0 Å². The molecule has 1 aliphatic carbocycles. The molecule has 1 aromatic carbocycles. The standard InChI is InChI=1S/C19H30N2/c1-16-6-5-9-18(12-16)13-20-19-10-11-21(15-19)14-17-7-3-2-4-8-17/h2-4,7-8,16,18-20H,5-6,9-15H2,1H3. The van der Waals surface area contributed by atoms with Gasteiger partial charge in [0.25, 0.3) is 0 Å². The number of nitrogens with one attached hydrogen (secondary N) is 1. The SMILES string of the molecule is CC1CCCC(CNC2CCN(Cc3ccccc3)C2)C1. The molecule has 116 valence electrons. The van der Waals surface area contributed by atoms with Gasteiger partial charge in [0, 0.05) is 25.7 Å². The minimum atomic E-state index is 0.714. The van der Waals surface area contributed by atoms with E-state index in [-0.39, 0.29) is 0 Å². The van der Waals surface area contributed by atoms with Crippen molar-refractivity contribution in [3.05, 3.63) is 35.9 Å². The van der Waals surface area contributed by atoms with Gasteiger partial charge < -0.3 is 5.32 Å². The predicted molar refractivity (Wildman–Crippen MR) is 89.2 cm³/mol. The second kappa shape index (κ2) is 7.42. The van der Waals surface area contributed by atoms with Gasteiger partial charge in [0.15, 0.2) is 0 Å². The van der Waals surface area contributed by atoms with E-state index < -0.39 is 0 Å². The van der Waals surface area contributed by atoms with Gasteiger partial charge in [0.05, 0.1) is 0 Å². The third-order valence-corrected chi connectivity index (χ3v) is 5.26. The molecule has 1 N–H and O–H groups in total. The molecule has 0 spiro atoms. The highest BCUT2D eigenvalue weighted by Crippen LogP contribution is 2.28. The Bertz CT molecular complexity index is 417. The molecule has 0 bridgehead atoms. The van der Waals surface area contributed by atoms with Gasteiger partial charge in [-0.25, -0.2) is 0 Å². The molecule has 1 saturated carbocycles. The topological polar surface area (TPSA) is 15.3 Å². The lowest BCUT2D eigenvalue weighted by Gasteiger charge is -2.28. The van der Waals surface area contributed by atoms with Crippen LogP contribution in [-0.4, -0.2) is 30.6 Å². The zero-order chi connectivity index (χ0) is 14.5. The maximum Gasteiger partial charge on any atom is 0.0234 e. The maximum atomic E-state index is 3.85. The van der Waals surface area contributed by atoms with Gasteiger partial charge in [-0.1, -0.05) is 50.1 Å². The third kappa shape index (κ3) is 4.55. The Hall–Kier alpha value is -0.860. The molecule has 1 aliphatic heterocycles. The Morgan fingerprint density at radius 3 is 2.81 bits per heavy atom. The minimum absolute atomic E-state index is 0.714. The highest BCUT2D eigenvalue weighted by molar-refractivity contribution is 5.14. The zero-order valence-electron chi connectivity index (χ0n) is 13.4. The lowest BCUT2D eigenvalue weighted by molar-refractivity contribution is 0.263. The van der Waals surface area contributed by atoms with Gasteiger partial charge in [-0.3, -0.25) is 4.90 Å². The maximum absolute atomic E-state index is 3.85. The molecule has 2 heteroatoms. The average Bonchev–Trinajstić information content (AvgIpc) is 2.94. The third-order valence-electron chi connectivity index (χ3n) is 5.26. The predicted octanol–water partition coefficient (Wildman–Crippen LogP) is 3.68. The number of nitrogens with zero attached hydrogens (tertiary/aromatic N) is 1. The van der Waals surface area contributed by atoms with Crippen LogP contribution in [0.3, 0.4) is 0 Å². The number of hydrogen-bond donors (Lipinski definition) is 1. The second-order valence-electron chi connectivity index (χ2n) is 7.25. The normalized spacial score (nSPS) is 30.6. The van der Waals surface area contributed by atoms with Crippen molar-refractivity contribution in [2.24, 2.45) is 11.8 Å². The van der Waals surface area contributed by atoms with Gasteiger partial charge >= 0.3 is 0 Å². The number of hydrogen-bond acceptors (Lipinski definition) is 2. The number of rotatable bonds is 5. The Morgan fingerprint density at radius 2 is 2.00 bits per heavy atom. The van der Waals surface area contributed by atoms with E-state index in [1.807, 2.05) is 0 Å². The summed E-state index contributed by atoms with van der Waals surface area (Å²) in [4.78, 5) is 2.59. The molecule has 1 aromatic rings. The van der Waals surface area contributed by atoms with Crippen LogP contribution in [-0.2, 0) is 6.54 Å². The van der Waals surface area contributed by atoms with Crippen LogP contribution >= 0.6 is 0 Å². The molecule has 0 amide bonds. The van der Waals surface area contributed by atoms with E-state index in [4.69, 9.17) is 0 Å². The first kappa shape index (κ1) is 15.1. The molecule has 3 unspecified atom stereocenters. The van der Waals surface area contributed by atoms with E-state index in [0.717, 1.165) is 18.4 Å². The van der Waals surface area contributed by atoms with E-state index >= 15 is 0 Å². The van der Waals surface area contributed by atoms with Crippen LogP contribution in [0.15, 0.2) is 30.3 Å². The number of likely N-dealkylation sites (tertiary alicyclic amines) is 1. The van der Waals surface area contributed by atoms with E-state index in [2.05, 4.69) is 47.5 Å². The summed E-state index contributed by atoms with van der Waals surface area (Å²) in [5.41, 5.74) is 1.44. The minimum Gasteiger partial charge on any atom is -0.312 e. The summed E-state index contributed by atoms with van der Waals surface area (Å²) in [6.07, 6.45) is 7.09. The van der Waals surface area contributed by atoms with Gasteiger partial charge in [0.2, 0.25) is 0 Å². The van der Waals surface area contributed by atoms with Crippen molar-refractivity contribution in [3.63, 3.8) is 0 Å². The molecule has 3 atom stereocenters. The second-order valence-corrected chi connectivity index (χ2v) is 7.25. The molecule has 0 radical (unpaired) electrons. The van der Waals surface area contributed by atoms with Crippen molar-refractivity contribution in [1.82, 2.24) is 10.2 Å². The Kier molecular flexibility index (Phi) is 5.32. The van der Waals surface area contributed by atoms with Crippen molar-refractivity contribution in [2.75, 3.05) is 19.6 Å². The van der Waals surface area contributed by atoms with Crippen LogP contribution in [0.5, 0.6) is 0 Å². The van der Waals surface area contributed by atoms with Crippen molar-refractivity contribution in [1.29, 1.82) is 0 Å². The molecule has 0 aromatic heterocycles. The van der Waals surface area contributed by atoms with Crippen molar-refractivity contribution in [2.45, 2.75) is 51.6 Å².